The van der Waals surface area contributed by atoms with Crippen LogP contribution in [0.5, 0.6) is 0 Å². The molecule has 0 aliphatic rings. The number of hydrogen-bond donors (Lipinski definition) is 4. The van der Waals surface area contributed by atoms with E-state index in [1.807, 2.05) is 18.2 Å². The first-order valence-electron chi connectivity index (χ1n) is 5.87. The van der Waals surface area contributed by atoms with Crippen LogP contribution in [-0.2, 0) is 11.2 Å². The molecule has 1 rings (SSSR count). The standard InChI is InChI=1S/C13H20N2O3/c1-13(18,9-16)8-15-12(17)6-5-10-3-2-4-11(14)7-10/h2-4,7,16,18H,5-6,8-9,14H2,1H3,(H,15,17). The second-order valence-corrected chi connectivity index (χ2v) is 4.68. The van der Waals surface area contributed by atoms with Gasteiger partial charge in [-0.2, -0.15) is 0 Å². The molecule has 1 aromatic rings. The van der Waals surface area contributed by atoms with E-state index in [0.29, 0.717) is 18.5 Å². The molecule has 0 saturated carbocycles. The highest BCUT2D eigenvalue weighted by atomic mass is 16.3. The minimum atomic E-state index is -1.27. The Morgan fingerprint density at radius 1 is 1.50 bits per heavy atom. The fraction of sp³-hybridized carbons (Fsp3) is 0.462. The monoisotopic (exact) mass is 252 g/mol. The second kappa shape index (κ2) is 6.37. The smallest absolute Gasteiger partial charge is 0.220 e. The lowest BCUT2D eigenvalue weighted by atomic mass is 10.1. The lowest BCUT2D eigenvalue weighted by Crippen LogP contribution is -2.43. The predicted molar refractivity (Wildman–Crippen MR) is 69.9 cm³/mol. The Hall–Kier alpha value is -1.59. The quantitative estimate of drug-likeness (QED) is 0.538. The van der Waals surface area contributed by atoms with Gasteiger partial charge in [0.1, 0.15) is 5.60 Å². The summed E-state index contributed by atoms with van der Waals surface area (Å²) < 4.78 is 0. The number of amides is 1. The summed E-state index contributed by atoms with van der Waals surface area (Å²) >= 11 is 0. The summed E-state index contributed by atoms with van der Waals surface area (Å²) in [4.78, 5) is 11.5. The molecule has 18 heavy (non-hydrogen) atoms. The summed E-state index contributed by atoms with van der Waals surface area (Å²) in [6, 6.07) is 7.38. The minimum Gasteiger partial charge on any atom is -0.399 e. The number of carbonyl (C=O) groups excluding carboxylic acids is 1. The maximum Gasteiger partial charge on any atom is 0.220 e. The molecule has 5 nitrogen and oxygen atoms in total. The van der Waals surface area contributed by atoms with Gasteiger partial charge in [-0.05, 0) is 31.0 Å². The summed E-state index contributed by atoms with van der Waals surface area (Å²) in [5.74, 6) is -0.161. The van der Waals surface area contributed by atoms with Crippen LogP contribution in [-0.4, -0.2) is 34.9 Å². The molecule has 0 fully saturated rings. The number of carbonyl (C=O) groups is 1. The van der Waals surface area contributed by atoms with Crippen molar-refractivity contribution in [3.05, 3.63) is 29.8 Å². The summed E-state index contributed by atoms with van der Waals surface area (Å²) in [5, 5.41) is 20.9. The molecule has 0 saturated heterocycles. The highest BCUT2D eigenvalue weighted by Gasteiger charge is 2.19. The Labute approximate surface area is 107 Å². The van der Waals surface area contributed by atoms with Crippen molar-refractivity contribution in [3.63, 3.8) is 0 Å². The van der Waals surface area contributed by atoms with E-state index in [9.17, 15) is 9.90 Å². The van der Waals surface area contributed by atoms with Crippen molar-refractivity contribution in [2.45, 2.75) is 25.4 Å². The molecule has 5 heteroatoms. The van der Waals surface area contributed by atoms with Gasteiger partial charge in [0, 0.05) is 18.7 Å². The zero-order chi connectivity index (χ0) is 13.6. The largest absolute Gasteiger partial charge is 0.399 e. The Balaban J connectivity index is 2.34. The summed E-state index contributed by atoms with van der Waals surface area (Å²) in [5.41, 5.74) is 6.04. The molecule has 0 aromatic heterocycles. The number of nitrogens with two attached hydrogens (primary N) is 1. The highest BCUT2D eigenvalue weighted by molar-refractivity contribution is 5.76. The van der Waals surface area contributed by atoms with E-state index >= 15 is 0 Å². The van der Waals surface area contributed by atoms with Gasteiger partial charge in [-0.3, -0.25) is 4.79 Å². The van der Waals surface area contributed by atoms with Gasteiger partial charge in [0.15, 0.2) is 0 Å². The van der Waals surface area contributed by atoms with Crippen molar-refractivity contribution in [3.8, 4) is 0 Å². The molecule has 0 spiro atoms. The number of nitrogens with one attached hydrogen (secondary N) is 1. The fourth-order valence-corrected chi connectivity index (χ4v) is 1.44. The lowest BCUT2D eigenvalue weighted by Gasteiger charge is -2.20. The molecule has 0 aliphatic heterocycles. The van der Waals surface area contributed by atoms with Crippen molar-refractivity contribution in [2.24, 2.45) is 0 Å². The van der Waals surface area contributed by atoms with Crippen LogP contribution < -0.4 is 11.1 Å². The third-order valence-electron chi connectivity index (χ3n) is 2.60. The first kappa shape index (κ1) is 14.5. The molecule has 0 heterocycles. The SMILES string of the molecule is CC(O)(CO)CNC(=O)CCc1cccc(N)c1. The average Bonchev–Trinajstić information content (AvgIpc) is 2.34. The van der Waals surface area contributed by atoms with E-state index < -0.39 is 5.60 Å². The topological polar surface area (TPSA) is 95.6 Å². The van der Waals surface area contributed by atoms with Crippen LogP contribution in [0.15, 0.2) is 24.3 Å². The van der Waals surface area contributed by atoms with Gasteiger partial charge >= 0.3 is 0 Å². The minimum absolute atomic E-state index is 0.0409. The van der Waals surface area contributed by atoms with E-state index in [0.717, 1.165) is 5.56 Å². The van der Waals surface area contributed by atoms with Crippen LogP contribution in [0.25, 0.3) is 0 Å². The van der Waals surface area contributed by atoms with Gasteiger partial charge in [0.25, 0.3) is 0 Å². The maximum absolute atomic E-state index is 11.5. The summed E-state index contributed by atoms with van der Waals surface area (Å²) in [7, 11) is 0. The predicted octanol–water partition coefficient (Wildman–Crippen LogP) is 0.0609. The third-order valence-corrected chi connectivity index (χ3v) is 2.60. The number of rotatable bonds is 6. The number of anilines is 1. The van der Waals surface area contributed by atoms with E-state index in [-0.39, 0.29) is 19.1 Å². The van der Waals surface area contributed by atoms with Crippen LogP contribution in [0.4, 0.5) is 5.69 Å². The van der Waals surface area contributed by atoms with Gasteiger partial charge in [0.2, 0.25) is 5.91 Å². The molecule has 0 aliphatic carbocycles. The number of hydrogen-bond acceptors (Lipinski definition) is 4. The van der Waals surface area contributed by atoms with Gasteiger partial charge < -0.3 is 21.3 Å². The highest BCUT2D eigenvalue weighted by Crippen LogP contribution is 2.08. The number of aliphatic hydroxyl groups is 2. The van der Waals surface area contributed by atoms with E-state index in [1.165, 1.54) is 6.92 Å². The molecule has 1 amide bonds. The van der Waals surface area contributed by atoms with Crippen LogP contribution in [0.2, 0.25) is 0 Å². The van der Waals surface area contributed by atoms with Crippen LogP contribution in [0.1, 0.15) is 18.9 Å². The number of aryl methyl sites for hydroxylation is 1. The number of benzene rings is 1. The van der Waals surface area contributed by atoms with Crippen molar-refractivity contribution in [1.29, 1.82) is 0 Å². The van der Waals surface area contributed by atoms with E-state index in [1.54, 1.807) is 6.07 Å². The van der Waals surface area contributed by atoms with Crippen molar-refractivity contribution >= 4 is 11.6 Å². The molecule has 0 bridgehead atoms. The van der Waals surface area contributed by atoms with E-state index in [2.05, 4.69) is 5.32 Å². The molecule has 5 N–H and O–H groups in total. The normalized spacial score (nSPS) is 13.9. The fourth-order valence-electron chi connectivity index (χ4n) is 1.44. The molecule has 100 valence electrons. The van der Waals surface area contributed by atoms with Gasteiger partial charge in [-0.25, -0.2) is 0 Å². The molecular formula is C13H20N2O3. The van der Waals surface area contributed by atoms with E-state index in [4.69, 9.17) is 10.8 Å². The van der Waals surface area contributed by atoms with Crippen molar-refractivity contribution in [1.82, 2.24) is 5.32 Å². The van der Waals surface area contributed by atoms with Crippen molar-refractivity contribution < 1.29 is 15.0 Å². The number of aliphatic hydroxyl groups excluding tert-OH is 1. The molecule has 1 unspecified atom stereocenters. The zero-order valence-electron chi connectivity index (χ0n) is 10.5. The van der Waals surface area contributed by atoms with Crippen LogP contribution >= 0.6 is 0 Å². The molecule has 1 atom stereocenters. The molecular weight excluding hydrogens is 232 g/mol. The Morgan fingerprint density at radius 2 is 2.22 bits per heavy atom. The summed E-state index contributed by atoms with van der Waals surface area (Å²) in [6.07, 6.45) is 0.920. The van der Waals surface area contributed by atoms with Crippen molar-refractivity contribution in [2.75, 3.05) is 18.9 Å². The average molecular weight is 252 g/mol. The number of nitrogen functional groups attached to an aromatic ring is 1. The van der Waals surface area contributed by atoms with Gasteiger partial charge in [-0.1, -0.05) is 12.1 Å². The first-order valence-corrected chi connectivity index (χ1v) is 5.87. The van der Waals surface area contributed by atoms with Gasteiger partial charge in [0.05, 0.1) is 6.61 Å². The van der Waals surface area contributed by atoms with Crippen LogP contribution in [0, 0.1) is 0 Å². The Bertz CT molecular complexity index is 405. The third kappa shape index (κ3) is 5.16. The second-order valence-electron chi connectivity index (χ2n) is 4.68. The summed E-state index contributed by atoms with van der Waals surface area (Å²) in [6.45, 7) is 1.12. The van der Waals surface area contributed by atoms with Gasteiger partial charge in [-0.15, -0.1) is 0 Å². The van der Waals surface area contributed by atoms with Crippen LogP contribution in [0.3, 0.4) is 0 Å². The molecule has 0 radical (unpaired) electrons. The Kier molecular flexibility index (Phi) is 5.12. The molecule has 1 aromatic carbocycles. The first-order chi connectivity index (χ1) is 8.43. The lowest BCUT2D eigenvalue weighted by molar-refractivity contribution is -0.122. The zero-order valence-corrected chi connectivity index (χ0v) is 10.5. The maximum atomic E-state index is 11.5. The Morgan fingerprint density at radius 3 is 2.83 bits per heavy atom.